The Morgan fingerprint density at radius 3 is 2.41 bits per heavy atom. The Balaban J connectivity index is 1.70. The molecule has 4 rings (SSSR count). The Bertz CT molecular complexity index is 1380. The van der Waals surface area contributed by atoms with Crippen LogP contribution in [0.25, 0.3) is 10.8 Å². The van der Waals surface area contributed by atoms with Gasteiger partial charge in [0, 0.05) is 27.5 Å². The van der Waals surface area contributed by atoms with Crippen molar-refractivity contribution in [1.29, 1.82) is 0 Å². The summed E-state index contributed by atoms with van der Waals surface area (Å²) in [5.41, 5.74) is 0.383. The molecule has 0 saturated heterocycles. The number of carbonyl (C=O) groups is 1. The zero-order chi connectivity index (χ0) is 22.7. The third-order valence-corrected chi connectivity index (χ3v) is 8.59. The average Bonchev–Trinajstić information content (AvgIpc) is 3.26. The fourth-order valence-corrected chi connectivity index (χ4v) is 6.41. The Morgan fingerprint density at radius 1 is 1.00 bits per heavy atom. The molecule has 0 fully saturated rings. The number of nitrogens with one attached hydrogen (secondary N) is 2. The molecule has 4 aromatic rings. The summed E-state index contributed by atoms with van der Waals surface area (Å²) in [6.07, 6.45) is 0. The predicted octanol–water partition coefficient (Wildman–Crippen LogP) is 5.20. The minimum absolute atomic E-state index is 0.103. The van der Waals surface area contributed by atoms with Gasteiger partial charge >= 0.3 is 0 Å². The highest BCUT2D eigenvalue weighted by Gasteiger charge is 2.20. The summed E-state index contributed by atoms with van der Waals surface area (Å²) in [6.45, 7) is 1.68. The fourth-order valence-electron chi connectivity index (χ4n) is 3.12. The van der Waals surface area contributed by atoms with E-state index >= 15 is 0 Å². The third-order valence-electron chi connectivity index (χ3n) is 4.61. The van der Waals surface area contributed by atoms with Crippen LogP contribution < -0.4 is 10.0 Å². The van der Waals surface area contributed by atoms with Gasteiger partial charge in [0.15, 0.2) is 0 Å². The lowest BCUT2D eigenvalue weighted by molar-refractivity contribution is -0.119. The zero-order valence-electron chi connectivity index (χ0n) is 17.0. The highest BCUT2D eigenvalue weighted by molar-refractivity contribution is 7.99. The summed E-state index contributed by atoms with van der Waals surface area (Å²) in [6, 6.07) is 21.5. The molecule has 0 aliphatic rings. The van der Waals surface area contributed by atoms with Crippen molar-refractivity contribution in [3.8, 4) is 5.75 Å². The highest BCUT2D eigenvalue weighted by atomic mass is 32.2. The van der Waals surface area contributed by atoms with E-state index in [-0.39, 0.29) is 22.4 Å². The molecule has 0 unspecified atom stereocenters. The summed E-state index contributed by atoms with van der Waals surface area (Å²) in [5, 5.41) is 14.6. The largest absolute Gasteiger partial charge is 0.506 e. The zero-order valence-corrected chi connectivity index (χ0v) is 19.5. The number of benzene rings is 3. The highest BCUT2D eigenvalue weighted by Crippen LogP contribution is 2.43. The molecule has 3 N–H and O–H groups in total. The molecule has 9 heteroatoms. The molecule has 0 bridgehead atoms. The number of thiophene rings is 1. The lowest BCUT2D eigenvalue weighted by Gasteiger charge is -2.14. The molecule has 6 nitrogen and oxygen atoms in total. The van der Waals surface area contributed by atoms with Crippen LogP contribution in [0.15, 0.2) is 86.8 Å². The second kappa shape index (κ2) is 9.23. The van der Waals surface area contributed by atoms with Crippen molar-refractivity contribution in [3.05, 3.63) is 77.7 Å². The number of carbonyl (C=O) groups excluding carboxylic acids is 1. The van der Waals surface area contributed by atoms with Gasteiger partial charge in [-0.25, -0.2) is 8.42 Å². The van der Waals surface area contributed by atoms with Crippen molar-refractivity contribution in [3.63, 3.8) is 0 Å². The lowest BCUT2D eigenvalue weighted by atomic mass is 10.1. The summed E-state index contributed by atoms with van der Waals surface area (Å²) in [5.74, 6) is -0.0777. The molecule has 0 radical (unpaired) electrons. The fraction of sp³-hybridized carbons (Fsp3) is 0.0870. The van der Waals surface area contributed by atoms with E-state index in [1.54, 1.807) is 36.4 Å². The number of aromatic hydroxyl groups is 1. The van der Waals surface area contributed by atoms with Crippen LogP contribution in [0.5, 0.6) is 5.75 Å². The first-order valence-corrected chi connectivity index (χ1v) is 12.8. The van der Waals surface area contributed by atoms with Gasteiger partial charge in [0.05, 0.1) is 17.1 Å². The number of hydrogen-bond acceptors (Lipinski definition) is 6. The van der Waals surface area contributed by atoms with Crippen molar-refractivity contribution in [2.75, 3.05) is 4.72 Å². The first kappa shape index (κ1) is 22.2. The van der Waals surface area contributed by atoms with Gasteiger partial charge in [-0.3, -0.25) is 9.52 Å². The summed E-state index contributed by atoms with van der Waals surface area (Å²) >= 11 is 2.45. The number of sulfonamides is 1. The molecule has 1 heterocycles. The second-order valence-electron chi connectivity index (χ2n) is 6.97. The third kappa shape index (κ3) is 4.90. The Hall–Kier alpha value is -3.01. The van der Waals surface area contributed by atoms with Gasteiger partial charge in [-0.1, -0.05) is 54.2 Å². The molecule has 0 aliphatic heterocycles. The van der Waals surface area contributed by atoms with Crippen LogP contribution >= 0.6 is 23.1 Å². The Morgan fingerprint density at radius 2 is 1.69 bits per heavy atom. The van der Waals surface area contributed by atoms with E-state index in [0.717, 1.165) is 21.1 Å². The van der Waals surface area contributed by atoms with Crippen molar-refractivity contribution >= 4 is 55.5 Å². The molecular formula is C23H20N2O4S3. The van der Waals surface area contributed by atoms with Crippen LogP contribution in [0.2, 0.25) is 0 Å². The van der Waals surface area contributed by atoms with Gasteiger partial charge < -0.3 is 10.4 Å². The lowest BCUT2D eigenvalue weighted by Crippen LogP contribution is -2.18. The number of fused-ring (bicyclic) bond motifs is 1. The minimum atomic E-state index is -3.86. The van der Waals surface area contributed by atoms with Gasteiger partial charge in [0.2, 0.25) is 5.91 Å². The van der Waals surface area contributed by atoms with E-state index in [1.165, 1.54) is 24.8 Å². The van der Waals surface area contributed by atoms with Crippen LogP contribution in [0.4, 0.5) is 5.69 Å². The number of phenols is 1. The van der Waals surface area contributed by atoms with Crippen LogP contribution in [0.3, 0.4) is 0 Å². The maximum absolute atomic E-state index is 13.1. The molecule has 1 aromatic heterocycles. The van der Waals surface area contributed by atoms with E-state index in [2.05, 4.69) is 10.0 Å². The summed E-state index contributed by atoms with van der Waals surface area (Å²) < 4.78 is 29.0. The van der Waals surface area contributed by atoms with E-state index in [9.17, 15) is 18.3 Å². The van der Waals surface area contributed by atoms with Gasteiger partial charge in [-0.15, -0.1) is 11.3 Å². The second-order valence-corrected chi connectivity index (χ2v) is 11.2. The number of rotatable bonds is 7. The topological polar surface area (TPSA) is 95.5 Å². The van der Waals surface area contributed by atoms with Gasteiger partial charge in [0.25, 0.3) is 10.0 Å². The SMILES string of the molecule is CC(=O)NCc1ccc(S(=O)(=O)Nc2cc(Sc3ccccc3)c(O)c3ccccc23)s1. The average molecular weight is 485 g/mol. The molecule has 164 valence electrons. The molecule has 3 aromatic carbocycles. The smallest absolute Gasteiger partial charge is 0.271 e. The first-order chi connectivity index (χ1) is 15.3. The monoisotopic (exact) mass is 484 g/mol. The molecule has 32 heavy (non-hydrogen) atoms. The van der Waals surface area contributed by atoms with E-state index < -0.39 is 10.0 Å². The van der Waals surface area contributed by atoms with E-state index in [1.807, 2.05) is 30.3 Å². The molecule has 0 aliphatic carbocycles. The number of anilines is 1. The number of hydrogen-bond donors (Lipinski definition) is 3. The van der Waals surface area contributed by atoms with Crippen molar-refractivity contribution < 1.29 is 18.3 Å². The molecule has 1 amide bonds. The first-order valence-electron chi connectivity index (χ1n) is 9.67. The summed E-state index contributed by atoms with van der Waals surface area (Å²) in [4.78, 5) is 13.3. The molecule has 0 saturated carbocycles. The maximum atomic E-state index is 13.1. The van der Waals surface area contributed by atoms with Crippen molar-refractivity contribution in [2.45, 2.75) is 27.5 Å². The van der Waals surface area contributed by atoms with Gasteiger partial charge in [0.1, 0.15) is 9.96 Å². The van der Waals surface area contributed by atoms with E-state index in [0.29, 0.717) is 21.4 Å². The van der Waals surface area contributed by atoms with Crippen LogP contribution in [0.1, 0.15) is 11.8 Å². The molecule has 0 atom stereocenters. The number of amides is 1. The minimum Gasteiger partial charge on any atom is -0.506 e. The normalized spacial score (nSPS) is 11.4. The predicted molar refractivity (Wildman–Crippen MR) is 129 cm³/mol. The molecular weight excluding hydrogens is 464 g/mol. The van der Waals surface area contributed by atoms with Crippen LogP contribution in [0, 0.1) is 0 Å². The number of phenolic OH excluding ortho intramolecular Hbond substituents is 1. The van der Waals surface area contributed by atoms with Crippen LogP contribution in [-0.2, 0) is 21.4 Å². The summed E-state index contributed by atoms with van der Waals surface area (Å²) in [7, 11) is -3.86. The molecule has 0 spiro atoms. The van der Waals surface area contributed by atoms with Gasteiger partial charge in [-0.05, 0) is 30.3 Å². The van der Waals surface area contributed by atoms with E-state index in [4.69, 9.17) is 0 Å². The Kier molecular flexibility index (Phi) is 6.40. The van der Waals surface area contributed by atoms with Crippen molar-refractivity contribution in [2.24, 2.45) is 0 Å². The van der Waals surface area contributed by atoms with Crippen LogP contribution in [-0.4, -0.2) is 19.4 Å². The quantitative estimate of drug-likeness (QED) is 0.314. The van der Waals surface area contributed by atoms with Crippen molar-refractivity contribution in [1.82, 2.24) is 5.32 Å². The standard InChI is InChI=1S/C23H20N2O4S3/c1-15(26)24-14-17-11-12-22(31-17)32(28,29)25-20-13-21(30-16-7-3-2-4-8-16)23(27)19-10-6-5-9-18(19)20/h2-13,25,27H,14H2,1H3,(H,24,26). The van der Waals surface area contributed by atoms with Gasteiger partial charge in [-0.2, -0.15) is 0 Å². The maximum Gasteiger partial charge on any atom is 0.271 e. The Labute approximate surface area is 194 Å².